The second-order valence-corrected chi connectivity index (χ2v) is 9.83. The van der Waals surface area contributed by atoms with Crippen molar-refractivity contribution in [1.29, 1.82) is 0 Å². The van der Waals surface area contributed by atoms with Gasteiger partial charge in [0.15, 0.2) is 22.2 Å². The van der Waals surface area contributed by atoms with E-state index in [4.69, 9.17) is 8.92 Å². The molecule has 34 heavy (non-hydrogen) atoms. The number of hydrogen-bond donors (Lipinski definition) is 1. The standard InChI is InChI=1S/C16H19N3O10S3.2Na/c1-26-16-10-13(17-11-32(23,24)25)4-7-15(16)19-18-12-2-5-14(6-3-12)31(21,22)9-8-27-30-29-28-20;;/h2-7,10,17,20H,8-9,11H2,1H3,(H,23,24,25);;/q;2*+1/p-2. The Hall–Kier alpha value is -0.310. The van der Waals surface area contributed by atoms with Gasteiger partial charge in [0.25, 0.3) is 0 Å². The number of azo groups is 1. The van der Waals surface area contributed by atoms with E-state index < -0.39 is 25.8 Å². The minimum atomic E-state index is -4.44. The van der Waals surface area contributed by atoms with Crippen LogP contribution < -0.4 is 74.4 Å². The summed E-state index contributed by atoms with van der Waals surface area (Å²) < 4.78 is 70.3. The van der Waals surface area contributed by atoms with Crippen molar-refractivity contribution in [2.45, 2.75) is 4.90 Å². The molecule has 2 aromatic carbocycles. The minimum Gasteiger partial charge on any atom is -0.747 e. The van der Waals surface area contributed by atoms with Crippen molar-refractivity contribution in [2.75, 3.05) is 30.7 Å². The van der Waals surface area contributed by atoms with Gasteiger partial charge in [0.1, 0.15) is 27.4 Å². The molecule has 18 heteroatoms. The molecule has 0 aromatic heterocycles. The van der Waals surface area contributed by atoms with Gasteiger partial charge in [-0.1, -0.05) is 0 Å². The summed E-state index contributed by atoms with van der Waals surface area (Å²) in [6.45, 7) is -0.233. The Morgan fingerprint density at radius 1 is 1.03 bits per heavy atom. The topological polar surface area (TPSA) is 188 Å². The van der Waals surface area contributed by atoms with E-state index in [1.165, 1.54) is 49.6 Å². The van der Waals surface area contributed by atoms with Gasteiger partial charge in [-0.15, -0.1) is 9.45 Å². The number of ether oxygens (including phenoxy) is 1. The zero-order valence-corrected chi connectivity index (χ0v) is 24.8. The van der Waals surface area contributed by atoms with Gasteiger partial charge in [-0.25, -0.2) is 16.8 Å². The molecule has 0 saturated heterocycles. The molecule has 1 N–H and O–H groups in total. The van der Waals surface area contributed by atoms with E-state index in [1.54, 1.807) is 0 Å². The number of rotatable bonds is 13. The second-order valence-electron chi connectivity index (χ2n) is 5.80. The number of sulfone groups is 1. The Morgan fingerprint density at radius 2 is 1.71 bits per heavy atom. The SMILES string of the molecule is COc1cc(NCS(=O)(=O)[O-])ccc1N=Nc1ccc(S(=O)(=O)CCOSOO[O-])cc1.[Na+].[Na+]. The van der Waals surface area contributed by atoms with Crippen LogP contribution in [0.3, 0.4) is 0 Å². The zero-order chi connectivity index (χ0) is 23.6. The molecule has 0 aliphatic carbocycles. The number of nitrogens with one attached hydrogen (secondary N) is 1. The van der Waals surface area contributed by atoms with Gasteiger partial charge in [0.05, 0.1) is 30.1 Å². The van der Waals surface area contributed by atoms with E-state index in [0.29, 0.717) is 17.1 Å². The van der Waals surface area contributed by atoms with Crippen LogP contribution in [0, 0.1) is 0 Å². The zero-order valence-electron chi connectivity index (χ0n) is 18.4. The number of hydrogen-bond acceptors (Lipinski definition) is 14. The maximum Gasteiger partial charge on any atom is 1.00 e. The molecule has 0 aliphatic rings. The summed E-state index contributed by atoms with van der Waals surface area (Å²) in [5, 5.41) is 23.2. The summed E-state index contributed by atoms with van der Waals surface area (Å²) in [5.41, 5.74) is 1.02. The van der Waals surface area contributed by atoms with E-state index in [1.807, 2.05) is 0 Å². The number of nitrogens with zero attached hydrogens (tertiary/aromatic N) is 2. The van der Waals surface area contributed by atoms with Crippen molar-refractivity contribution in [3.8, 4) is 5.75 Å². The first-order valence-electron chi connectivity index (χ1n) is 8.49. The molecule has 0 fully saturated rings. The van der Waals surface area contributed by atoms with E-state index in [0.717, 1.165) is 0 Å². The van der Waals surface area contributed by atoms with Gasteiger partial charge in [-0.3, -0.25) is 9.22 Å². The third kappa shape index (κ3) is 12.1. The van der Waals surface area contributed by atoms with Crippen LogP contribution in [-0.2, 0) is 33.5 Å². The first-order valence-corrected chi connectivity index (χ1v) is 12.4. The second kappa shape index (κ2) is 16.4. The Kier molecular flexibility index (Phi) is 16.3. The average Bonchev–Trinajstić information content (AvgIpc) is 2.76. The molecule has 0 spiro atoms. The Bertz CT molecular complexity index is 1130. The first-order chi connectivity index (χ1) is 15.1. The van der Waals surface area contributed by atoms with Crippen LogP contribution in [-0.4, -0.2) is 46.7 Å². The molecule has 0 heterocycles. The fourth-order valence-electron chi connectivity index (χ4n) is 2.20. The first kappa shape index (κ1) is 33.7. The maximum absolute atomic E-state index is 12.2. The van der Waals surface area contributed by atoms with Crippen molar-refractivity contribution >= 4 is 49.3 Å². The summed E-state index contributed by atoms with van der Waals surface area (Å²) in [5.74, 6) is -0.862. The van der Waals surface area contributed by atoms with Crippen molar-refractivity contribution < 1.29 is 104 Å². The Balaban J connectivity index is 0.00000544. The van der Waals surface area contributed by atoms with Crippen LogP contribution in [0.25, 0.3) is 0 Å². The monoisotopic (exact) mass is 553 g/mol. The molecule has 0 amide bonds. The van der Waals surface area contributed by atoms with Gasteiger partial charge in [-0.05, 0) is 36.4 Å². The fourth-order valence-corrected chi connectivity index (χ4v) is 3.95. The van der Waals surface area contributed by atoms with Crippen molar-refractivity contribution in [3.63, 3.8) is 0 Å². The number of methoxy groups -OCH3 is 1. The van der Waals surface area contributed by atoms with Crippen LogP contribution in [0.5, 0.6) is 5.75 Å². The van der Waals surface area contributed by atoms with E-state index in [2.05, 4.69) is 24.9 Å². The number of benzene rings is 2. The van der Waals surface area contributed by atoms with Crippen molar-refractivity contribution in [3.05, 3.63) is 42.5 Å². The Labute approximate surface area is 245 Å². The molecule has 0 radical (unpaired) electrons. The van der Waals surface area contributed by atoms with Crippen LogP contribution in [0.1, 0.15) is 0 Å². The normalized spacial score (nSPS) is 11.5. The quantitative estimate of drug-likeness (QED) is 0.0478. The fraction of sp³-hybridized carbons (Fsp3) is 0.250. The summed E-state index contributed by atoms with van der Waals surface area (Å²) in [7, 11) is -6.70. The molecule has 0 bridgehead atoms. The van der Waals surface area contributed by atoms with Gasteiger partial charge in [-0.2, -0.15) is 5.11 Å². The summed E-state index contributed by atoms with van der Waals surface area (Å²) >= 11 is 0.222. The molecule has 0 aliphatic heterocycles. The number of anilines is 1. The molecule has 0 atom stereocenters. The molecule has 13 nitrogen and oxygen atoms in total. The predicted molar refractivity (Wildman–Crippen MR) is 110 cm³/mol. The summed E-state index contributed by atoms with van der Waals surface area (Å²) in [4.78, 5) is 0.0346. The van der Waals surface area contributed by atoms with Gasteiger partial charge in [0.2, 0.25) is 0 Å². The molecule has 0 unspecified atom stereocenters. The molecule has 176 valence electrons. The summed E-state index contributed by atoms with van der Waals surface area (Å²) in [6.07, 6.45) is 0. The third-order valence-electron chi connectivity index (χ3n) is 3.64. The van der Waals surface area contributed by atoms with E-state index >= 15 is 0 Å². The smallest absolute Gasteiger partial charge is 0.747 e. The minimum absolute atomic E-state index is 0. The van der Waals surface area contributed by atoms with Crippen LogP contribution >= 0.6 is 12.3 Å². The van der Waals surface area contributed by atoms with E-state index in [-0.39, 0.29) is 94.4 Å². The molecule has 2 rings (SSSR count). The largest absolute Gasteiger partial charge is 1.00 e. The summed E-state index contributed by atoms with van der Waals surface area (Å²) in [6, 6.07) is 10.0. The van der Waals surface area contributed by atoms with Crippen molar-refractivity contribution in [2.24, 2.45) is 10.2 Å². The molecular weight excluding hydrogens is 536 g/mol. The molecule has 2 aromatic rings. The van der Waals surface area contributed by atoms with Crippen LogP contribution in [0.15, 0.2) is 57.6 Å². The molecule has 0 saturated carbocycles. The van der Waals surface area contributed by atoms with Crippen LogP contribution in [0.2, 0.25) is 0 Å². The third-order valence-corrected chi connectivity index (χ3v) is 6.21. The predicted octanol–water partition coefficient (Wildman–Crippen LogP) is -4.39. The van der Waals surface area contributed by atoms with Crippen LogP contribution in [0.4, 0.5) is 17.1 Å². The average molecular weight is 554 g/mol. The van der Waals surface area contributed by atoms with Gasteiger partial charge >= 0.3 is 59.1 Å². The van der Waals surface area contributed by atoms with Gasteiger partial charge < -0.3 is 19.9 Å². The van der Waals surface area contributed by atoms with E-state index in [9.17, 15) is 26.6 Å². The molecular formula is C16H17N3Na2O10S3. The maximum atomic E-state index is 12.2. The van der Waals surface area contributed by atoms with Crippen molar-refractivity contribution in [1.82, 2.24) is 0 Å². The Morgan fingerprint density at radius 3 is 2.29 bits per heavy atom. The van der Waals surface area contributed by atoms with Gasteiger partial charge in [0, 0.05) is 11.8 Å².